The molecule has 3 nitrogen and oxygen atoms in total. The number of rotatable bonds is 2. The van der Waals surface area contributed by atoms with Crippen molar-refractivity contribution >= 4 is 0 Å². The lowest BCUT2D eigenvalue weighted by Gasteiger charge is -2.48. The van der Waals surface area contributed by atoms with Crippen molar-refractivity contribution < 1.29 is 10.2 Å². The molecule has 2 aliphatic rings. The van der Waals surface area contributed by atoms with Gasteiger partial charge in [0.1, 0.15) is 0 Å². The van der Waals surface area contributed by atoms with Gasteiger partial charge in [-0.1, -0.05) is 6.92 Å². The van der Waals surface area contributed by atoms with Gasteiger partial charge in [0.05, 0.1) is 23.2 Å². The molecule has 2 saturated carbocycles. The first-order valence-corrected chi connectivity index (χ1v) is 6.26. The number of aliphatic hydroxyl groups excluding tert-OH is 1. The average molecular weight is 223 g/mol. The third kappa shape index (κ3) is 1.65. The first-order chi connectivity index (χ1) is 7.44. The van der Waals surface area contributed by atoms with Gasteiger partial charge in [-0.3, -0.25) is 0 Å². The SMILES string of the molecule is C[C@@H]1[C@@](C#N)([C@@H](O)C2CC2)CCC[C@]1(C)O. The minimum atomic E-state index is -0.816. The normalized spacial score (nSPS) is 46.1. The number of hydrogen-bond donors (Lipinski definition) is 2. The lowest BCUT2D eigenvalue weighted by molar-refractivity contribution is -0.118. The van der Waals surface area contributed by atoms with Crippen LogP contribution < -0.4 is 0 Å². The van der Waals surface area contributed by atoms with Crippen LogP contribution in [0.5, 0.6) is 0 Å². The highest BCUT2D eigenvalue weighted by Crippen LogP contribution is 2.53. The van der Waals surface area contributed by atoms with E-state index in [0.29, 0.717) is 0 Å². The fourth-order valence-electron chi connectivity index (χ4n) is 3.18. The summed E-state index contributed by atoms with van der Waals surface area (Å²) in [6.07, 6.45) is 3.78. The molecule has 0 aliphatic heterocycles. The summed E-state index contributed by atoms with van der Waals surface area (Å²) in [5.74, 6) is 0.130. The Bertz CT molecular complexity index is 316. The van der Waals surface area contributed by atoms with Gasteiger partial charge in [0, 0.05) is 5.92 Å². The summed E-state index contributed by atoms with van der Waals surface area (Å²) >= 11 is 0. The molecule has 2 N–H and O–H groups in total. The minimum Gasteiger partial charge on any atom is -0.391 e. The Kier molecular flexibility index (Phi) is 2.76. The van der Waals surface area contributed by atoms with Crippen molar-refractivity contribution in [2.24, 2.45) is 17.3 Å². The van der Waals surface area contributed by atoms with E-state index in [1.54, 1.807) is 6.92 Å². The summed E-state index contributed by atoms with van der Waals surface area (Å²) in [5.41, 5.74) is -1.55. The molecule has 0 radical (unpaired) electrons. The van der Waals surface area contributed by atoms with Crippen LogP contribution >= 0.6 is 0 Å². The zero-order valence-corrected chi connectivity index (χ0v) is 10.1. The largest absolute Gasteiger partial charge is 0.391 e. The Balaban J connectivity index is 2.28. The predicted octanol–water partition coefficient (Wildman–Crippen LogP) is 1.84. The standard InChI is InChI=1S/C13H21NO2/c1-9-12(2,16)6-3-7-13(9,8-14)11(15)10-4-5-10/h9-11,15-16H,3-7H2,1-2H3/t9-,11-,12-,13+/m0/s1. The highest BCUT2D eigenvalue weighted by atomic mass is 16.3. The Morgan fingerprint density at radius 3 is 2.50 bits per heavy atom. The molecule has 0 saturated heterocycles. The molecular weight excluding hydrogens is 202 g/mol. The van der Waals surface area contributed by atoms with Gasteiger partial charge in [0.2, 0.25) is 0 Å². The van der Waals surface area contributed by atoms with Gasteiger partial charge < -0.3 is 10.2 Å². The molecule has 0 aromatic heterocycles. The van der Waals surface area contributed by atoms with Crippen molar-refractivity contribution in [3.63, 3.8) is 0 Å². The van der Waals surface area contributed by atoms with Gasteiger partial charge in [0.25, 0.3) is 0 Å². The fraction of sp³-hybridized carbons (Fsp3) is 0.923. The maximum Gasteiger partial charge on any atom is 0.0887 e. The van der Waals surface area contributed by atoms with Gasteiger partial charge >= 0.3 is 0 Å². The number of aliphatic hydroxyl groups is 2. The Labute approximate surface area is 97.1 Å². The Morgan fingerprint density at radius 1 is 1.38 bits per heavy atom. The van der Waals surface area contributed by atoms with Crippen LogP contribution in [-0.2, 0) is 0 Å². The highest BCUT2D eigenvalue weighted by Gasteiger charge is 2.56. The van der Waals surface area contributed by atoms with Crippen molar-refractivity contribution in [2.45, 2.75) is 57.7 Å². The molecule has 0 unspecified atom stereocenters. The third-order valence-corrected chi connectivity index (χ3v) is 4.78. The Morgan fingerprint density at radius 2 is 2.00 bits per heavy atom. The van der Waals surface area contributed by atoms with Gasteiger partial charge in [0.15, 0.2) is 0 Å². The lowest BCUT2D eigenvalue weighted by atomic mass is 9.58. The van der Waals surface area contributed by atoms with E-state index >= 15 is 0 Å². The van der Waals surface area contributed by atoms with E-state index in [1.165, 1.54) is 0 Å². The van der Waals surface area contributed by atoms with Crippen LogP contribution in [0.25, 0.3) is 0 Å². The van der Waals surface area contributed by atoms with E-state index in [2.05, 4.69) is 6.07 Å². The second-order valence-electron chi connectivity index (χ2n) is 5.87. The Hall–Kier alpha value is -0.590. The summed E-state index contributed by atoms with van der Waals surface area (Å²) in [7, 11) is 0. The summed E-state index contributed by atoms with van der Waals surface area (Å²) in [4.78, 5) is 0. The zero-order chi connectivity index (χ0) is 12.0. The third-order valence-electron chi connectivity index (χ3n) is 4.78. The maximum atomic E-state index is 10.3. The molecule has 4 atom stereocenters. The van der Waals surface area contributed by atoms with E-state index in [9.17, 15) is 15.5 Å². The minimum absolute atomic E-state index is 0.158. The molecule has 16 heavy (non-hydrogen) atoms. The average Bonchev–Trinajstić information content (AvgIpc) is 3.05. The van der Waals surface area contributed by atoms with Gasteiger partial charge in [-0.05, 0) is 44.9 Å². The van der Waals surface area contributed by atoms with Crippen molar-refractivity contribution in [3.05, 3.63) is 0 Å². The quantitative estimate of drug-likeness (QED) is 0.750. The number of nitriles is 1. The molecule has 2 rings (SSSR count). The van der Waals surface area contributed by atoms with Gasteiger partial charge in [-0.25, -0.2) is 0 Å². The van der Waals surface area contributed by atoms with Crippen LogP contribution in [0, 0.1) is 28.6 Å². The first kappa shape index (κ1) is 11.9. The van der Waals surface area contributed by atoms with Crippen LogP contribution in [0.1, 0.15) is 46.0 Å². The topological polar surface area (TPSA) is 64.2 Å². The van der Waals surface area contributed by atoms with Crippen molar-refractivity contribution in [1.29, 1.82) is 5.26 Å². The van der Waals surface area contributed by atoms with Gasteiger partial charge in [-0.15, -0.1) is 0 Å². The summed E-state index contributed by atoms with van der Waals surface area (Å²) < 4.78 is 0. The molecule has 2 fully saturated rings. The van der Waals surface area contributed by atoms with Crippen LogP contribution in [0.15, 0.2) is 0 Å². The second kappa shape index (κ2) is 3.72. The number of hydrogen-bond acceptors (Lipinski definition) is 3. The summed E-state index contributed by atoms with van der Waals surface area (Å²) in [6.45, 7) is 3.70. The zero-order valence-electron chi connectivity index (χ0n) is 10.1. The molecule has 0 bridgehead atoms. The highest BCUT2D eigenvalue weighted by molar-refractivity contribution is 5.15. The summed E-state index contributed by atoms with van der Waals surface area (Å²) in [6, 6.07) is 2.33. The molecule has 0 amide bonds. The molecule has 0 heterocycles. The summed E-state index contributed by atoms with van der Waals surface area (Å²) in [5, 5.41) is 30.1. The molecule has 3 heteroatoms. The van der Waals surface area contributed by atoms with E-state index in [0.717, 1.165) is 32.1 Å². The second-order valence-corrected chi connectivity index (χ2v) is 5.87. The molecule has 0 spiro atoms. The van der Waals surface area contributed by atoms with Crippen LogP contribution in [0.2, 0.25) is 0 Å². The van der Waals surface area contributed by atoms with E-state index in [-0.39, 0.29) is 11.8 Å². The van der Waals surface area contributed by atoms with Crippen molar-refractivity contribution in [3.8, 4) is 6.07 Å². The van der Waals surface area contributed by atoms with Gasteiger partial charge in [-0.2, -0.15) is 5.26 Å². The molecular formula is C13H21NO2. The smallest absolute Gasteiger partial charge is 0.0887 e. The van der Waals surface area contributed by atoms with E-state index in [1.807, 2.05) is 6.92 Å². The first-order valence-electron chi connectivity index (χ1n) is 6.26. The van der Waals surface area contributed by atoms with Crippen LogP contribution in [0.4, 0.5) is 0 Å². The number of nitrogens with zero attached hydrogens (tertiary/aromatic N) is 1. The van der Waals surface area contributed by atoms with E-state index < -0.39 is 17.1 Å². The maximum absolute atomic E-state index is 10.3. The fourth-order valence-corrected chi connectivity index (χ4v) is 3.18. The molecule has 90 valence electrons. The van der Waals surface area contributed by atoms with Crippen LogP contribution in [-0.4, -0.2) is 21.9 Å². The molecule has 2 aliphatic carbocycles. The monoisotopic (exact) mass is 223 g/mol. The lowest BCUT2D eigenvalue weighted by Crippen LogP contribution is -2.53. The van der Waals surface area contributed by atoms with Crippen molar-refractivity contribution in [2.75, 3.05) is 0 Å². The predicted molar refractivity (Wildman–Crippen MR) is 60.4 cm³/mol. The van der Waals surface area contributed by atoms with E-state index in [4.69, 9.17) is 0 Å². The molecule has 0 aromatic carbocycles. The van der Waals surface area contributed by atoms with Crippen LogP contribution in [0.3, 0.4) is 0 Å². The van der Waals surface area contributed by atoms with Crippen molar-refractivity contribution in [1.82, 2.24) is 0 Å². The molecule has 0 aromatic rings.